The monoisotopic (exact) mass is 467 g/mol. The van der Waals surface area contributed by atoms with Gasteiger partial charge in [0.15, 0.2) is 11.5 Å². The van der Waals surface area contributed by atoms with Gasteiger partial charge in [-0.15, -0.1) is 16.9 Å². The fourth-order valence-corrected chi connectivity index (χ4v) is 4.05. The Morgan fingerprint density at radius 2 is 1.97 bits per heavy atom. The van der Waals surface area contributed by atoms with Gasteiger partial charge in [0.25, 0.3) is 0 Å². The van der Waals surface area contributed by atoms with Crippen molar-refractivity contribution >= 4 is 19.6 Å². The van der Waals surface area contributed by atoms with Crippen LogP contribution in [0.4, 0.5) is 0 Å². The molecule has 4 N–H and O–H groups in total. The van der Waals surface area contributed by atoms with Crippen LogP contribution in [0.2, 0.25) is 0 Å². The minimum absolute atomic E-state index is 0.0999. The van der Waals surface area contributed by atoms with E-state index in [0.717, 1.165) is 0 Å². The number of hydrogen-bond acceptors (Lipinski definition) is 12. The van der Waals surface area contributed by atoms with Crippen LogP contribution in [0, 0.1) is 0 Å². The third-order valence-electron chi connectivity index (χ3n) is 4.36. The molecule has 0 fully saturated rings. The van der Waals surface area contributed by atoms with Crippen LogP contribution in [0.1, 0.15) is 0 Å². The lowest BCUT2D eigenvalue weighted by Gasteiger charge is -2.16. The van der Waals surface area contributed by atoms with Gasteiger partial charge in [-0.1, -0.05) is 11.3 Å². The maximum atomic E-state index is 12.3. The molecule has 0 radical (unpaired) electrons. The zero-order valence-corrected chi connectivity index (χ0v) is 18.1. The number of methoxy groups -OCH3 is 1. The predicted octanol–water partition coefficient (Wildman–Crippen LogP) is 2.66. The van der Waals surface area contributed by atoms with Crippen molar-refractivity contribution < 1.29 is 32.5 Å². The summed E-state index contributed by atoms with van der Waals surface area (Å²) < 4.78 is 44.1. The highest BCUT2D eigenvalue weighted by atomic mass is 32.2. The summed E-state index contributed by atoms with van der Waals surface area (Å²) in [6.45, 7) is 0.0999. The fourth-order valence-electron chi connectivity index (χ4n) is 2.96. The molecule has 2 aromatic carbocycles. The van der Waals surface area contributed by atoms with E-state index in [1.54, 1.807) is 35.1 Å². The highest BCUT2D eigenvalue weighted by Crippen LogP contribution is 2.49. The van der Waals surface area contributed by atoms with Crippen LogP contribution in [0.5, 0.6) is 23.0 Å². The molecule has 0 amide bonds. The van der Waals surface area contributed by atoms with E-state index < -0.39 is 7.82 Å². The Labute approximate surface area is 180 Å². The largest absolute Gasteiger partial charge is 0.563 e. The molecule has 1 aliphatic heterocycles. The first-order valence-corrected chi connectivity index (χ1v) is 11.3. The molecule has 0 saturated carbocycles. The van der Waals surface area contributed by atoms with Gasteiger partial charge < -0.3 is 18.7 Å². The Kier molecular flexibility index (Phi) is 6.05. The van der Waals surface area contributed by atoms with Crippen LogP contribution in [-0.2, 0) is 13.8 Å². The predicted molar refractivity (Wildman–Crippen MR) is 110 cm³/mol. The van der Waals surface area contributed by atoms with Crippen LogP contribution in [-0.4, -0.2) is 35.2 Å². The molecular weight excluding hydrogens is 449 g/mol. The van der Waals surface area contributed by atoms with Crippen molar-refractivity contribution in [1.29, 1.82) is 0 Å². The standard InChI is InChI=1S/C17H18N5O7PS/c1-24-14-6-11(7-15-17(14)26-9-25-15)22-12(8-20-21-22)10-3-4-16(31-2)13(5-10)27-30(23,28-18)29-19/h3-8H,9,18-19H2,1-2H3. The van der Waals surface area contributed by atoms with E-state index in [1.165, 1.54) is 18.9 Å². The Balaban J connectivity index is 1.77. The van der Waals surface area contributed by atoms with Crippen LogP contribution in [0.25, 0.3) is 16.9 Å². The molecule has 4 rings (SSSR count). The van der Waals surface area contributed by atoms with Gasteiger partial charge in [0.05, 0.1) is 24.7 Å². The quantitative estimate of drug-likeness (QED) is 0.284. The average Bonchev–Trinajstić information content (AvgIpc) is 3.47. The third-order valence-corrected chi connectivity index (χ3v) is 6.08. The lowest BCUT2D eigenvalue weighted by atomic mass is 10.1. The Morgan fingerprint density at radius 3 is 2.68 bits per heavy atom. The van der Waals surface area contributed by atoms with Crippen molar-refractivity contribution in [3.05, 3.63) is 36.5 Å². The van der Waals surface area contributed by atoms with Gasteiger partial charge in [-0.2, -0.15) is 9.25 Å². The van der Waals surface area contributed by atoms with Crippen molar-refractivity contribution in [3.8, 4) is 39.9 Å². The summed E-state index contributed by atoms with van der Waals surface area (Å²) in [5, 5.41) is 8.18. The zero-order chi connectivity index (χ0) is 22.0. The number of fused-ring (bicyclic) bond motifs is 1. The summed E-state index contributed by atoms with van der Waals surface area (Å²) in [5.74, 6) is 11.7. The molecule has 0 unspecified atom stereocenters. The molecule has 2 heterocycles. The number of ether oxygens (including phenoxy) is 3. The molecule has 3 aromatic rings. The molecule has 164 valence electrons. The van der Waals surface area contributed by atoms with Crippen LogP contribution >= 0.6 is 19.6 Å². The Hall–Kier alpha value is -2.80. The van der Waals surface area contributed by atoms with Gasteiger partial charge >= 0.3 is 7.82 Å². The van der Waals surface area contributed by atoms with Crippen molar-refractivity contribution in [2.75, 3.05) is 20.2 Å². The minimum Gasteiger partial charge on any atom is -0.493 e. The smallest absolute Gasteiger partial charge is 0.493 e. The normalized spacial score (nSPS) is 12.8. The summed E-state index contributed by atoms with van der Waals surface area (Å²) in [7, 11) is -2.64. The lowest BCUT2D eigenvalue weighted by molar-refractivity contribution is 0.158. The molecule has 31 heavy (non-hydrogen) atoms. The van der Waals surface area contributed by atoms with E-state index in [0.29, 0.717) is 39.1 Å². The molecule has 0 bridgehead atoms. The molecule has 0 saturated heterocycles. The summed E-state index contributed by atoms with van der Waals surface area (Å²) in [4.78, 5) is 0.654. The number of thioether (sulfide) groups is 1. The van der Waals surface area contributed by atoms with Gasteiger partial charge in [-0.05, 0) is 18.4 Å². The van der Waals surface area contributed by atoms with Crippen molar-refractivity contribution in [2.24, 2.45) is 11.8 Å². The minimum atomic E-state index is -4.17. The summed E-state index contributed by atoms with van der Waals surface area (Å²) in [6.07, 6.45) is 3.39. The average molecular weight is 467 g/mol. The van der Waals surface area contributed by atoms with Crippen molar-refractivity contribution in [3.63, 3.8) is 0 Å². The summed E-state index contributed by atoms with van der Waals surface area (Å²) >= 11 is 1.36. The topological polar surface area (TPSA) is 155 Å². The molecular formula is C17H18N5O7PS. The van der Waals surface area contributed by atoms with Crippen molar-refractivity contribution in [2.45, 2.75) is 4.90 Å². The van der Waals surface area contributed by atoms with E-state index in [1.807, 2.05) is 12.3 Å². The Bertz CT molecular complexity index is 1150. The number of nitrogens with zero attached hydrogens (tertiary/aromatic N) is 3. The van der Waals surface area contributed by atoms with E-state index in [-0.39, 0.29) is 12.5 Å². The molecule has 0 atom stereocenters. The van der Waals surface area contributed by atoms with E-state index in [4.69, 9.17) is 30.5 Å². The van der Waals surface area contributed by atoms with Crippen LogP contribution < -0.4 is 30.5 Å². The highest BCUT2D eigenvalue weighted by Gasteiger charge is 2.29. The van der Waals surface area contributed by atoms with Crippen LogP contribution in [0.15, 0.2) is 41.4 Å². The number of benzene rings is 2. The number of nitrogens with two attached hydrogens (primary N) is 2. The second-order valence-corrected chi connectivity index (χ2v) is 8.37. The molecule has 0 spiro atoms. The molecule has 14 heteroatoms. The number of aromatic nitrogens is 3. The third kappa shape index (κ3) is 4.06. The number of rotatable bonds is 8. The maximum absolute atomic E-state index is 12.3. The van der Waals surface area contributed by atoms with Gasteiger partial charge in [0.2, 0.25) is 12.5 Å². The van der Waals surface area contributed by atoms with E-state index in [2.05, 4.69) is 19.6 Å². The lowest BCUT2D eigenvalue weighted by Crippen LogP contribution is -2.10. The molecule has 12 nitrogen and oxygen atoms in total. The van der Waals surface area contributed by atoms with Gasteiger partial charge in [0.1, 0.15) is 5.75 Å². The van der Waals surface area contributed by atoms with E-state index >= 15 is 0 Å². The zero-order valence-electron chi connectivity index (χ0n) is 16.4. The SMILES string of the molecule is COc1cc(-n2nncc2-c2ccc(SC)c(OP(=O)(ON)ON)c2)cc2c1OCO2. The van der Waals surface area contributed by atoms with Crippen LogP contribution in [0.3, 0.4) is 0 Å². The maximum Gasteiger partial charge on any atom is 0.563 e. The Morgan fingerprint density at radius 1 is 1.16 bits per heavy atom. The second-order valence-electron chi connectivity index (χ2n) is 6.03. The summed E-state index contributed by atoms with van der Waals surface area (Å²) in [5.41, 5.74) is 1.89. The van der Waals surface area contributed by atoms with E-state index in [9.17, 15) is 4.57 Å². The number of phosphoric acid groups is 1. The molecule has 0 aliphatic carbocycles. The van der Waals surface area contributed by atoms with Gasteiger partial charge in [-0.25, -0.2) is 21.0 Å². The van der Waals surface area contributed by atoms with Crippen molar-refractivity contribution in [1.82, 2.24) is 15.0 Å². The first-order valence-electron chi connectivity index (χ1n) is 8.65. The van der Waals surface area contributed by atoms with Gasteiger partial charge in [0, 0.05) is 22.6 Å². The highest BCUT2D eigenvalue weighted by molar-refractivity contribution is 7.98. The molecule has 1 aliphatic rings. The second kappa shape index (κ2) is 8.75. The fraction of sp³-hybridized carbons (Fsp3) is 0.176. The first kappa shape index (κ1) is 21.4. The first-order chi connectivity index (χ1) is 15.0. The number of hydrogen-bond donors (Lipinski definition) is 2. The molecule has 1 aromatic heterocycles. The summed E-state index contributed by atoms with van der Waals surface area (Å²) in [6, 6.07) is 8.73. The van der Waals surface area contributed by atoms with Gasteiger partial charge in [-0.3, -0.25) is 0 Å².